The monoisotopic (exact) mass is 380 g/mol. The van der Waals surface area contributed by atoms with Crippen LogP contribution in [0.3, 0.4) is 0 Å². The Morgan fingerprint density at radius 1 is 1.11 bits per heavy atom. The number of allylic oxidation sites excluding steroid dienone is 1. The second-order valence-electron chi connectivity index (χ2n) is 6.56. The Labute approximate surface area is 166 Å². The summed E-state index contributed by atoms with van der Waals surface area (Å²) in [5, 5.41) is 29.4. The van der Waals surface area contributed by atoms with E-state index in [1.54, 1.807) is 25.3 Å². The van der Waals surface area contributed by atoms with Gasteiger partial charge >= 0.3 is 0 Å². The van der Waals surface area contributed by atoms with E-state index in [1.165, 1.54) is 0 Å². The van der Waals surface area contributed by atoms with Gasteiger partial charge in [0, 0.05) is 7.11 Å². The van der Waals surface area contributed by atoms with Gasteiger partial charge in [-0.2, -0.15) is 0 Å². The second-order valence-corrected chi connectivity index (χ2v) is 6.56. The molecule has 0 bridgehead atoms. The standard InChI is InChI=1S/C24H28O4/c1-18(17-28-2)23(14-15-25)24(27)13-10-21(20-6-4-3-5-7-20)16-19-8-11-22(26)12-9-19/h3-9,11-12,14,16,24-27H,1,10,13,15,17H2,2H3/b21-16-,23-14-. The minimum Gasteiger partial charge on any atom is -0.508 e. The molecule has 0 aromatic heterocycles. The molecule has 148 valence electrons. The van der Waals surface area contributed by atoms with Gasteiger partial charge < -0.3 is 20.1 Å². The van der Waals surface area contributed by atoms with Crippen molar-refractivity contribution in [3.63, 3.8) is 0 Å². The maximum absolute atomic E-state index is 10.7. The number of methoxy groups -OCH3 is 1. The minimum absolute atomic E-state index is 0.163. The SMILES string of the molecule is C=C(COC)/C(=C/CO)C(O)CC/C(=C/c1ccc(O)cc1)c1ccccc1. The van der Waals surface area contributed by atoms with E-state index in [9.17, 15) is 15.3 Å². The van der Waals surface area contributed by atoms with Gasteiger partial charge in [-0.3, -0.25) is 0 Å². The molecule has 0 saturated carbocycles. The number of benzene rings is 2. The zero-order valence-corrected chi connectivity index (χ0v) is 16.2. The van der Waals surface area contributed by atoms with Crippen molar-refractivity contribution in [2.75, 3.05) is 20.3 Å². The maximum Gasteiger partial charge on any atom is 0.115 e. The highest BCUT2D eigenvalue weighted by atomic mass is 16.5. The average Bonchev–Trinajstić information content (AvgIpc) is 2.71. The number of hydrogen-bond acceptors (Lipinski definition) is 4. The van der Waals surface area contributed by atoms with Crippen LogP contribution in [0.2, 0.25) is 0 Å². The molecule has 0 fully saturated rings. The summed E-state index contributed by atoms with van der Waals surface area (Å²) in [7, 11) is 1.57. The first-order valence-electron chi connectivity index (χ1n) is 9.26. The predicted octanol–water partition coefficient (Wildman–Crippen LogP) is 4.20. The lowest BCUT2D eigenvalue weighted by atomic mass is 9.93. The smallest absolute Gasteiger partial charge is 0.115 e. The van der Waals surface area contributed by atoms with E-state index in [2.05, 4.69) is 12.7 Å². The third kappa shape index (κ3) is 6.50. The molecular weight excluding hydrogens is 352 g/mol. The maximum atomic E-state index is 10.7. The Kier molecular flexibility index (Phi) is 8.69. The molecule has 4 nitrogen and oxygen atoms in total. The van der Waals surface area contributed by atoms with E-state index in [0.717, 1.165) is 16.7 Å². The molecule has 0 aliphatic rings. The molecule has 2 aromatic rings. The molecule has 0 heterocycles. The summed E-state index contributed by atoms with van der Waals surface area (Å²) >= 11 is 0. The summed E-state index contributed by atoms with van der Waals surface area (Å²) < 4.78 is 5.10. The first-order chi connectivity index (χ1) is 13.5. The molecule has 0 spiro atoms. The second kappa shape index (κ2) is 11.2. The van der Waals surface area contributed by atoms with E-state index in [0.29, 0.717) is 30.6 Å². The zero-order valence-electron chi connectivity index (χ0n) is 16.2. The summed E-state index contributed by atoms with van der Waals surface area (Å²) in [6.45, 7) is 4.08. The number of aromatic hydroxyl groups is 1. The highest BCUT2D eigenvalue weighted by Gasteiger charge is 2.15. The van der Waals surface area contributed by atoms with Gasteiger partial charge in [-0.05, 0) is 52.8 Å². The highest BCUT2D eigenvalue weighted by molar-refractivity contribution is 5.81. The molecule has 0 aliphatic carbocycles. The van der Waals surface area contributed by atoms with Crippen LogP contribution in [0.25, 0.3) is 11.6 Å². The topological polar surface area (TPSA) is 69.9 Å². The molecule has 0 radical (unpaired) electrons. The van der Waals surface area contributed by atoms with Gasteiger partial charge in [0.2, 0.25) is 0 Å². The third-order valence-corrected chi connectivity index (χ3v) is 4.46. The summed E-state index contributed by atoms with van der Waals surface area (Å²) in [6, 6.07) is 17.0. The first kappa shape index (κ1) is 21.6. The van der Waals surface area contributed by atoms with Gasteiger partial charge in [0.15, 0.2) is 0 Å². The van der Waals surface area contributed by atoms with Crippen molar-refractivity contribution >= 4 is 11.6 Å². The average molecular weight is 380 g/mol. The number of aliphatic hydroxyl groups is 2. The number of rotatable bonds is 10. The fourth-order valence-electron chi connectivity index (χ4n) is 3.04. The van der Waals surface area contributed by atoms with Crippen molar-refractivity contribution < 1.29 is 20.1 Å². The molecule has 1 unspecified atom stereocenters. The quantitative estimate of drug-likeness (QED) is 0.427. The number of ether oxygens (including phenoxy) is 1. The van der Waals surface area contributed by atoms with Crippen LogP contribution in [0.1, 0.15) is 24.0 Å². The largest absolute Gasteiger partial charge is 0.508 e. The number of phenols is 1. The number of phenolic OH excluding ortho intramolecular Hbond substituents is 1. The fraction of sp³-hybridized carbons (Fsp3) is 0.250. The van der Waals surface area contributed by atoms with E-state index >= 15 is 0 Å². The lowest BCUT2D eigenvalue weighted by Gasteiger charge is -2.18. The van der Waals surface area contributed by atoms with E-state index in [-0.39, 0.29) is 12.4 Å². The van der Waals surface area contributed by atoms with E-state index in [1.807, 2.05) is 42.5 Å². The van der Waals surface area contributed by atoms with Crippen LogP contribution in [0, 0.1) is 0 Å². The summed E-state index contributed by atoms with van der Waals surface area (Å²) in [6.07, 6.45) is 4.00. The van der Waals surface area contributed by atoms with Crippen molar-refractivity contribution in [1.82, 2.24) is 0 Å². The Morgan fingerprint density at radius 2 is 1.79 bits per heavy atom. The molecule has 2 rings (SSSR count). The molecule has 0 amide bonds. The lowest BCUT2D eigenvalue weighted by Crippen LogP contribution is -2.15. The van der Waals surface area contributed by atoms with Crippen LogP contribution in [0.4, 0.5) is 0 Å². The van der Waals surface area contributed by atoms with Gasteiger partial charge in [0.25, 0.3) is 0 Å². The van der Waals surface area contributed by atoms with E-state index in [4.69, 9.17) is 4.74 Å². The molecule has 0 saturated heterocycles. The van der Waals surface area contributed by atoms with Crippen LogP contribution in [0.5, 0.6) is 5.75 Å². The van der Waals surface area contributed by atoms with Crippen LogP contribution >= 0.6 is 0 Å². The molecule has 1 atom stereocenters. The Hall–Kier alpha value is -2.66. The van der Waals surface area contributed by atoms with Crippen molar-refractivity contribution in [1.29, 1.82) is 0 Å². The molecular formula is C24H28O4. The summed E-state index contributed by atoms with van der Waals surface area (Å²) in [5.74, 6) is 0.226. The summed E-state index contributed by atoms with van der Waals surface area (Å²) in [4.78, 5) is 0. The minimum atomic E-state index is -0.748. The van der Waals surface area contributed by atoms with E-state index < -0.39 is 6.10 Å². The Morgan fingerprint density at radius 3 is 2.39 bits per heavy atom. The molecule has 28 heavy (non-hydrogen) atoms. The zero-order chi connectivity index (χ0) is 20.4. The van der Waals surface area contributed by atoms with Gasteiger partial charge in [-0.25, -0.2) is 0 Å². The van der Waals surface area contributed by atoms with Crippen LogP contribution in [-0.4, -0.2) is 41.7 Å². The highest BCUT2D eigenvalue weighted by Crippen LogP contribution is 2.27. The number of hydrogen-bond donors (Lipinski definition) is 3. The van der Waals surface area contributed by atoms with Gasteiger partial charge in [0.1, 0.15) is 5.75 Å². The van der Waals surface area contributed by atoms with Crippen molar-refractivity contribution in [3.8, 4) is 5.75 Å². The Balaban J connectivity index is 2.22. The first-order valence-corrected chi connectivity index (χ1v) is 9.26. The fourth-order valence-corrected chi connectivity index (χ4v) is 3.04. The molecule has 0 aliphatic heterocycles. The molecule has 4 heteroatoms. The lowest BCUT2D eigenvalue weighted by molar-refractivity contribution is 0.191. The third-order valence-electron chi connectivity index (χ3n) is 4.46. The predicted molar refractivity (Wildman–Crippen MR) is 114 cm³/mol. The van der Waals surface area contributed by atoms with Crippen molar-refractivity contribution in [2.45, 2.75) is 18.9 Å². The van der Waals surface area contributed by atoms with Crippen LogP contribution < -0.4 is 0 Å². The molecule has 2 aromatic carbocycles. The van der Waals surface area contributed by atoms with Crippen molar-refractivity contribution in [3.05, 3.63) is 89.5 Å². The van der Waals surface area contributed by atoms with Gasteiger partial charge in [-0.1, -0.05) is 61.2 Å². The normalized spacial score (nSPS) is 13.4. The van der Waals surface area contributed by atoms with Crippen LogP contribution in [-0.2, 0) is 4.74 Å². The summed E-state index contributed by atoms with van der Waals surface area (Å²) in [5.41, 5.74) is 4.40. The Bertz CT molecular complexity index is 804. The van der Waals surface area contributed by atoms with Gasteiger partial charge in [-0.15, -0.1) is 0 Å². The van der Waals surface area contributed by atoms with Crippen molar-refractivity contribution in [2.24, 2.45) is 0 Å². The van der Waals surface area contributed by atoms with Crippen LogP contribution in [0.15, 0.2) is 78.4 Å². The molecule has 3 N–H and O–H groups in total. The number of aliphatic hydroxyl groups excluding tert-OH is 2. The van der Waals surface area contributed by atoms with Gasteiger partial charge in [0.05, 0.1) is 19.3 Å².